The van der Waals surface area contributed by atoms with E-state index in [1.807, 2.05) is 0 Å². The Morgan fingerprint density at radius 2 is 2.00 bits per heavy atom. The molecule has 0 N–H and O–H groups in total. The molecule has 3 heteroatoms. The van der Waals surface area contributed by atoms with E-state index in [0.29, 0.717) is 17.8 Å². The molecule has 0 bridgehead atoms. The van der Waals surface area contributed by atoms with Crippen LogP contribution < -0.4 is 0 Å². The molecule has 15 heavy (non-hydrogen) atoms. The van der Waals surface area contributed by atoms with Crippen LogP contribution in [0.3, 0.4) is 0 Å². The van der Waals surface area contributed by atoms with Gasteiger partial charge in [-0.3, -0.25) is 0 Å². The summed E-state index contributed by atoms with van der Waals surface area (Å²) < 4.78 is 9.88. The van der Waals surface area contributed by atoms with Gasteiger partial charge in [-0.15, -0.1) is 0 Å². The third kappa shape index (κ3) is 3.40. The van der Waals surface area contributed by atoms with Gasteiger partial charge in [-0.1, -0.05) is 27.2 Å². The molecule has 0 saturated heterocycles. The zero-order valence-electron chi connectivity index (χ0n) is 10.2. The molecule has 0 heterocycles. The Balaban J connectivity index is 2.57. The van der Waals surface area contributed by atoms with Crippen molar-refractivity contribution in [1.29, 1.82) is 0 Å². The van der Waals surface area contributed by atoms with Gasteiger partial charge < -0.3 is 9.47 Å². The lowest BCUT2D eigenvalue weighted by molar-refractivity contribution is -0.0248. The van der Waals surface area contributed by atoms with Gasteiger partial charge in [-0.05, 0) is 30.6 Å². The average Bonchev–Trinajstić information content (AvgIpc) is 2.17. The van der Waals surface area contributed by atoms with E-state index in [4.69, 9.17) is 4.74 Å². The summed E-state index contributed by atoms with van der Waals surface area (Å²) in [5, 5.41) is 0. The molecule has 0 radical (unpaired) electrons. The highest BCUT2D eigenvalue weighted by atomic mass is 16.7. The Morgan fingerprint density at radius 3 is 2.53 bits per heavy atom. The monoisotopic (exact) mass is 214 g/mol. The van der Waals surface area contributed by atoms with Crippen molar-refractivity contribution >= 4 is 6.16 Å². The maximum absolute atomic E-state index is 11.1. The summed E-state index contributed by atoms with van der Waals surface area (Å²) in [5.74, 6) is 1.70. The van der Waals surface area contributed by atoms with Crippen LogP contribution in [0.15, 0.2) is 0 Å². The highest BCUT2D eigenvalue weighted by Crippen LogP contribution is 2.35. The van der Waals surface area contributed by atoms with Crippen LogP contribution in [0.5, 0.6) is 0 Å². The highest BCUT2D eigenvalue weighted by Gasteiger charge is 2.33. The average molecular weight is 214 g/mol. The van der Waals surface area contributed by atoms with Crippen molar-refractivity contribution in [2.24, 2.45) is 17.8 Å². The topological polar surface area (TPSA) is 35.5 Å². The first-order chi connectivity index (χ1) is 7.04. The fourth-order valence-electron chi connectivity index (χ4n) is 2.42. The first-order valence-corrected chi connectivity index (χ1v) is 5.79. The maximum atomic E-state index is 11.1. The minimum absolute atomic E-state index is 0.0428. The number of hydrogen-bond donors (Lipinski definition) is 0. The van der Waals surface area contributed by atoms with Gasteiger partial charge in [0.25, 0.3) is 0 Å². The number of carbonyl (C=O) groups excluding carboxylic acids is 1. The molecule has 0 amide bonds. The van der Waals surface area contributed by atoms with E-state index in [0.717, 1.165) is 12.8 Å². The fraction of sp³-hybridized carbons (Fsp3) is 0.917. The number of carbonyl (C=O) groups is 1. The molecule has 3 nitrogen and oxygen atoms in total. The number of hydrogen-bond acceptors (Lipinski definition) is 3. The minimum Gasteiger partial charge on any atom is -0.438 e. The lowest BCUT2D eigenvalue weighted by Gasteiger charge is -2.36. The predicted octanol–water partition coefficient (Wildman–Crippen LogP) is 3.23. The summed E-state index contributed by atoms with van der Waals surface area (Å²) >= 11 is 0. The SMILES string of the molecule is COC(=O)O[C@@H]1CC(C)CC[C@H]1C(C)C. The number of rotatable bonds is 2. The quantitative estimate of drug-likeness (QED) is 0.662. The standard InChI is InChI=1S/C12H22O3/c1-8(2)10-6-5-9(3)7-11(10)15-12(13)14-4/h8-11H,5-7H2,1-4H3/t9?,10-,11+/m0/s1. The van der Waals surface area contributed by atoms with Crippen molar-refractivity contribution in [3.05, 3.63) is 0 Å². The second-order valence-corrected chi connectivity index (χ2v) is 4.94. The third-order valence-corrected chi connectivity index (χ3v) is 3.38. The van der Waals surface area contributed by atoms with Crippen LogP contribution in [-0.4, -0.2) is 19.4 Å². The first kappa shape index (κ1) is 12.3. The molecule has 1 unspecified atom stereocenters. The van der Waals surface area contributed by atoms with E-state index in [9.17, 15) is 4.79 Å². The normalized spacial score (nSPS) is 31.4. The predicted molar refractivity (Wildman–Crippen MR) is 58.6 cm³/mol. The van der Waals surface area contributed by atoms with Crippen molar-refractivity contribution in [3.8, 4) is 0 Å². The molecule has 0 aliphatic heterocycles. The molecule has 1 saturated carbocycles. The van der Waals surface area contributed by atoms with Crippen molar-refractivity contribution in [2.75, 3.05) is 7.11 Å². The smallest absolute Gasteiger partial charge is 0.438 e. The number of methoxy groups -OCH3 is 1. The van der Waals surface area contributed by atoms with E-state index < -0.39 is 6.16 Å². The Morgan fingerprint density at radius 1 is 1.33 bits per heavy atom. The minimum atomic E-state index is -0.542. The van der Waals surface area contributed by atoms with Gasteiger partial charge in [0, 0.05) is 0 Å². The molecule has 0 aromatic carbocycles. The van der Waals surface area contributed by atoms with Crippen LogP contribution in [0.4, 0.5) is 4.79 Å². The van der Waals surface area contributed by atoms with E-state index >= 15 is 0 Å². The highest BCUT2D eigenvalue weighted by molar-refractivity contribution is 5.59. The van der Waals surface area contributed by atoms with Crippen LogP contribution in [0.2, 0.25) is 0 Å². The summed E-state index contributed by atoms with van der Waals surface area (Å²) in [7, 11) is 1.36. The second-order valence-electron chi connectivity index (χ2n) is 4.94. The summed E-state index contributed by atoms with van der Waals surface area (Å²) in [6.45, 7) is 6.59. The number of ether oxygens (including phenoxy) is 2. The van der Waals surface area contributed by atoms with Gasteiger partial charge in [-0.25, -0.2) is 4.79 Å². The summed E-state index contributed by atoms with van der Waals surface area (Å²) in [4.78, 5) is 11.1. The lowest BCUT2D eigenvalue weighted by atomic mass is 9.75. The van der Waals surface area contributed by atoms with E-state index in [-0.39, 0.29) is 6.10 Å². The Hall–Kier alpha value is -0.730. The summed E-state index contributed by atoms with van der Waals surface area (Å²) in [6.07, 6.45) is 2.86. The molecule has 88 valence electrons. The Labute approximate surface area is 92.1 Å². The van der Waals surface area contributed by atoms with Crippen LogP contribution in [0, 0.1) is 17.8 Å². The summed E-state index contributed by atoms with van der Waals surface area (Å²) in [5.41, 5.74) is 0. The molecule has 0 aromatic rings. The zero-order chi connectivity index (χ0) is 11.4. The molecular weight excluding hydrogens is 192 g/mol. The Kier molecular flexibility index (Phi) is 4.43. The van der Waals surface area contributed by atoms with E-state index in [2.05, 4.69) is 25.5 Å². The largest absolute Gasteiger partial charge is 0.508 e. The van der Waals surface area contributed by atoms with Crippen molar-refractivity contribution in [2.45, 2.75) is 46.1 Å². The van der Waals surface area contributed by atoms with Crippen molar-refractivity contribution in [3.63, 3.8) is 0 Å². The van der Waals surface area contributed by atoms with Gasteiger partial charge in [0.05, 0.1) is 7.11 Å². The van der Waals surface area contributed by atoms with Crippen LogP contribution in [0.1, 0.15) is 40.0 Å². The van der Waals surface area contributed by atoms with Crippen molar-refractivity contribution < 1.29 is 14.3 Å². The molecular formula is C12H22O3. The molecule has 1 aliphatic carbocycles. The van der Waals surface area contributed by atoms with Gasteiger partial charge >= 0.3 is 6.16 Å². The zero-order valence-corrected chi connectivity index (χ0v) is 10.2. The van der Waals surface area contributed by atoms with Gasteiger partial charge in [0.1, 0.15) is 6.10 Å². The van der Waals surface area contributed by atoms with E-state index in [1.165, 1.54) is 13.5 Å². The maximum Gasteiger partial charge on any atom is 0.508 e. The van der Waals surface area contributed by atoms with Crippen LogP contribution in [0.25, 0.3) is 0 Å². The first-order valence-electron chi connectivity index (χ1n) is 5.79. The van der Waals surface area contributed by atoms with Crippen LogP contribution >= 0.6 is 0 Å². The third-order valence-electron chi connectivity index (χ3n) is 3.38. The van der Waals surface area contributed by atoms with Gasteiger partial charge in [0.15, 0.2) is 0 Å². The van der Waals surface area contributed by atoms with Crippen LogP contribution in [-0.2, 0) is 9.47 Å². The lowest BCUT2D eigenvalue weighted by Crippen LogP contribution is -2.35. The molecule has 1 aliphatic rings. The van der Waals surface area contributed by atoms with Crippen molar-refractivity contribution in [1.82, 2.24) is 0 Å². The molecule has 0 spiro atoms. The fourth-order valence-corrected chi connectivity index (χ4v) is 2.42. The second kappa shape index (κ2) is 5.38. The molecule has 0 aromatic heterocycles. The van der Waals surface area contributed by atoms with Gasteiger partial charge in [-0.2, -0.15) is 0 Å². The van der Waals surface area contributed by atoms with E-state index in [1.54, 1.807) is 0 Å². The Bertz CT molecular complexity index is 213. The summed E-state index contributed by atoms with van der Waals surface area (Å²) in [6, 6.07) is 0. The van der Waals surface area contributed by atoms with Gasteiger partial charge in [0.2, 0.25) is 0 Å². The molecule has 1 rings (SSSR count). The molecule has 1 fully saturated rings. The molecule has 3 atom stereocenters.